The number of hydrogen-bond acceptors (Lipinski definition) is 3. The number of aromatic hydroxyl groups is 1. The van der Waals surface area contributed by atoms with E-state index in [1.165, 1.54) is 86.5 Å². The predicted molar refractivity (Wildman–Crippen MR) is 178 cm³/mol. The average Bonchev–Trinajstić information content (AvgIpc) is 3.95. The van der Waals surface area contributed by atoms with Crippen LogP contribution in [0.2, 0.25) is 0 Å². The van der Waals surface area contributed by atoms with Crippen molar-refractivity contribution in [2.75, 3.05) is 0 Å². The third-order valence-electron chi connectivity index (χ3n) is 14.2. The van der Waals surface area contributed by atoms with E-state index in [4.69, 9.17) is 4.74 Å². The fourth-order valence-corrected chi connectivity index (χ4v) is 12.7. The van der Waals surface area contributed by atoms with Crippen molar-refractivity contribution >= 4 is 5.97 Å². The molecule has 47 heavy (non-hydrogen) atoms. The summed E-state index contributed by atoms with van der Waals surface area (Å²) in [5, 5.41) is 12.4. The molecule has 0 unspecified atom stereocenters. The Morgan fingerprint density at radius 3 is 1.13 bits per heavy atom. The molecule has 13 rings (SSSR count). The molecule has 0 saturated heterocycles. The minimum atomic E-state index is -0.267. The van der Waals surface area contributed by atoms with Gasteiger partial charge in [-0.3, -0.25) is 4.79 Å². The second-order valence-corrected chi connectivity index (χ2v) is 15.8. The highest BCUT2D eigenvalue weighted by Crippen LogP contribution is 2.71. The van der Waals surface area contributed by atoms with E-state index in [0.29, 0.717) is 29.4 Å². The van der Waals surface area contributed by atoms with Crippen molar-refractivity contribution in [1.29, 1.82) is 0 Å². The van der Waals surface area contributed by atoms with Crippen LogP contribution in [-0.4, -0.2) is 11.1 Å². The van der Waals surface area contributed by atoms with E-state index in [1.54, 1.807) is 0 Å². The molecule has 3 heteroatoms. The minimum Gasteiger partial charge on any atom is -0.507 e. The zero-order valence-electron chi connectivity index (χ0n) is 26.1. The molecular weight excluding hydrogens is 576 g/mol. The first-order valence-electron chi connectivity index (χ1n) is 17.7. The summed E-state index contributed by atoms with van der Waals surface area (Å²) in [4.78, 5) is 12.8. The zero-order valence-corrected chi connectivity index (χ0v) is 26.1. The number of phenolic OH excluding ortho intramolecular Hbond substituents is 1. The Morgan fingerprint density at radius 2 is 0.787 bits per heavy atom. The molecule has 0 aromatic heterocycles. The van der Waals surface area contributed by atoms with Gasteiger partial charge >= 0.3 is 5.97 Å². The van der Waals surface area contributed by atoms with Gasteiger partial charge in [0.15, 0.2) is 0 Å². The van der Waals surface area contributed by atoms with Crippen LogP contribution in [0.1, 0.15) is 169 Å². The van der Waals surface area contributed by atoms with Gasteiger partial charge in [0.25, 0.3) is 0 Å². The highest BCUT2D eigenvalue weighted by Gasteiger charge is 2.55. The molecule has 0 heterocycles. The van der Waals surface area contributed by atoms with Gasteiger partial charge in [0, 0.05) is 76.5 Å². The van der Waals surface area contributed by atoms with Crippen molar-refractivity contribution in [2.24, 2.45) is 0 Å². The van der Waals surface area contributed by atoms with Gasteiger partial charge in [0.05, 0.1) is 0 Å². The van der Waals surface area contributed by atoms with E-state index in [9.17, 15) is 9.90 Å². The molecule has 8 aliphatic rings. The van der Waals surface area contributed by atoms with Gasteiger partial charge in [-0.25, -0.2) is 0 Å². The monoisotopic (exact) mass is 608 g/mol. The van der Waals surface area contributed by atoms with Crippen LogP contribution in [0.3, 0.4) is 0 Å². The van der Waals surface area contributed by atoms with E-state index in [1.807, 2.05) is 0 Å². The third-order valence-corrected chi connectivity index (χ3v) is 14.2. The average molecular weight is 609 g/mol. The lowest BCUT2D eigenvalue weighted by Crippen LogP contribution is -2.16. The number of ether oxygens (including phenoxy) is 1. The topological polar surface area (TPSA) is 46.5 Å². The quantitative estimate of drug-likeness (QED) is 0.152. The van der Waals surface area contributed by atoms with E-state index in [0.717, 1.165) is 40.8 Å². The normalized spacial score (nSPS) is 30.1. The maximum Gasteiger partial charge on any atom is 0.308 e. The second-order valence-electron chi connectivity index (χ2n) is 15.8. The van der Waals surface area contributed by atoms with Crippen molar-refractivity contribution in [3.63, 3.8) is 0 Å². The molecule has 3 nitrogen and oxygen atoms in total. The molecule has 5 aromatic carbocycles. The van der Waals surface area contributed by atoms with Crippen LogP contribution in [0.4, 0.5) is 0 Å². The molecule has 226 valence electrons. The first kappa shape index (κ1) is 24.5. The zero-order chi connectivity index (χ0) is 30.6. The molecule has 1 N–H and O–H groups in total. The van der Waals surface area contributed by atoms with Gasteiger partial charge in [-0.2, -0.15) is 0 Å². The number of carbonyl (C=O) groups is 1. The summed E-state index contributed by atoms with van der Waals surface area (Å²) in [5.41, 5.74) is 21.9. The Bertz CT molecular complexity index is 2240. The smallest absolute Gasteiger partial charge is 0.308 e. The lowest BCUT2D eigenvalue weighted by Gasteiger charge is -2.31. The van der Waals surface area contributed by atoms with Crippen molar-refractivity contribution in [1.82, 2.24) is 0 Å². The fraction of sp³-hybridized carbons (Fsp3) is 0.295. The summed E-state index contributed by atoms with van der Waals surface area (Å²) >= 11 is 0. The number of hydrogen-bond donors (Lipinski definition) is 1. The summed E-state index contributed by atoms with van der Waals surface area (Å²) in [6.45, 7) is 1.54. The lowest BCUT2D eigenvalue weighted by molar-refractivity contribution is -0.132. The van der Waals surface area contributed by atoms with Crippen LogP contribution in [0.25, 0.3) is 0 Å². The van der Waals surface area contributed by atoms with Crippen molar-refractivity contribution in [2.45, 2.75) is 80.0 Å². The van der Waals surface area contributed by atoms with Gasteiger partial charge < -0.3 is 9.84 Å². The number of carbonyl (C=O) groups excluding carboxylic acids is 1. The Morgan fingerprint density at radius 1 is 0.489 bits per heavy atom. The van der Waals surface area contributed by atoms with Gasteiger partial charge in [0.2, 0.25) is 0 Å². The molecule has 0 fully saturated rings. The molecule has 8 aliphatic carbocycles. The van der Waals surface area contributed by atoms with Crippen LogP contribution in [0.15, 0.2) is 72.8 Å². The third kappa shape index (κ3) is 2.59. The molecule has 0 saturated carbocycles. The van der Waals surface area contributed by atoms with Crippen LogP contribution in [-0.2, 0) is 4.79 Å². The van der Waals surface area contributed by atoms with Crippen LogP contribution < -0.4 is 4.74 Å². The van der Waals surface area contributed by atoms with E-state index >= 15 is 0 Å². The first-order valence-corrected chi connectivity index (χ1v) is 17.7. The Labute approximate surface area is 273 Å². The predicted octanol–water partition coefficient (Wildman–Crippen LogP) is 9.24. The van der Waals surface area contributed by atoms with Crippen molar-refractivity contribution in [3.05, 3.63) is 162 Å². The standard InChI is InChI=1S/C44H32O3/c1-18(45)47-44-41-37-16-35(31-12-27-23-10-25(29(27)14-33(31)37)21-8-4-2-6-19(21)23)39(41)43(46)40-36-17-38(42(40)44)34-15-30-26-11-24(28(30)13-32(34)36)20-7-3-5-9-22(20)26/h2-9,12-15,23-26,35-38,46H,10-11,16-17H2,1H3/t23-,24+,25+,26-,35-,36+,37+,38-. The molecule has 0 spiro atoms. The summed E-state index contributed by atoms with van der Waals surface area (Å²) < 4.78 is 6.32. The number of benzene rings is 5. The summed E-state index contributed by atoms with van der Waals surface area (Å²) in [7, 11) is 0. The maximum absolute atomic E-state index is 12.8. The first-order chi connectivity index (χ1) is 23.0. The lowest BCUT2D eigenvalue weighted by atomic mass is 9.74. The Kier molecular flexibility index (Phi) is 4.04. The van der Waals surface area contributed by atoms with E-state index in [-0.39, 0.29) is 29.6 Å². The molecule has 8 atom stereocenters. The summed E-state index contributed by atoms with van der Waals surface area (Å²) in [6.07, 6.45) is 4.27. The molecule has 0 radical (unpaired) electrons. The molecule has 0 aliphatic heterocycles. The second kappa shape index (κ2) is 7.73. The molecular formula is C44H32O3. The number of fused-ring (bicyclic) bond motifs is 32. The van der Waals surface area contributed by atoms with Crippen LogP contribution in [0, 0.1) is 0 Å². The number of esters is 1. The van der Waals surface area contributed by atoms with Gasteiger partial charge in [-0.1, -0.05) is 72.8 Å². The highest BCUT2D eigenvalue weighted by atomic mass is 16.5. The van der Waals surface area contributed by atoms with Crippen molar-refractivity contribution in [3.8, 4) is 11.5 Å². The highest BCUT2D eigenvalue weighted by molar-refractivity contribution is 5.81. The minimum absolute atomic E-state index is 0.148. The summed E-state index contributed by atoms with van der Waals surface area (Å²) in [6, 6.07) is 28.1. The van der Waals surface area contributed by atoms with Crippen molar-refractivity contribution < 1.29 is 14.6 Å². The molecule has 0 amide bonds. The SMILES string of the molecule is CC(=O)Oc1c2c(c(O)c3c1[C@H]1C[C@@H]3c3cc4c(cc31)[C@H]1C[C@@H]4c3ccccc31)[C@H]1C[C@@H]2c2cc3c(cc21)[C@H]1C[C@@H]3c2ccccc21. The maximum atomic E-state index is 12.8. The van der Waals surface area contributed by atoms with E-state index < -0.39 is 0 Å². The fourth-order valence-electron chi connectivity index (χ4n) is 12.7. The van der Waals surface area contributed by atoms with Crippen LogP contribution >= 0.6 is 0 Å². The summed E-state index contributed by atoms with van der Waals surface area (Å²) in [5.74, 6) is 3.52. The van der Waals surface area contributed by atoms with Gasteiger partial charge in [-0.15, -0.1) is 0 Å². The molecule has 5 aromatic rings. The number of phenols is 1. The van der Waals surface area contributed by atoms with Gasteiger partial charge in [-0.05, 0) is 92.4 Å². The van der Waals surface area contributed by atoms with Crippen LogP contribution in [0.5, 0.6) is 11.5 Å². The molecule has 8 bridgehead atoms. The largest absolute Gasteiger partial charge is 0.507 e. The Balaban J connectivity index is 0.988. The van der Waals surface area contributed by atoms with E-state index in [2.05, 4.69) is 72.8 Å². The number of rotatable bonds is 1. The Hall–Kier alpha value is -4.63. The van der Waals surface area contributed by atoms with Gasteiger partial charge in [0.1, 0.15) is 11.5 Å².